The Labute approximate surface area is 207 Å². The lowest BCUT2D eigenvalue weighted by molar-refractivity contribution is -0.138. The van der Waals surface area contributed by atoms with Crippen LogP contribution in [0, 0.1) is 23.7 Å². The van der Waals surface area contributed by atoms with E-state index in [1.54, 1.807) is 0 Å². The Morgan fingerprint density at radius 2 is 1.66 bits per heavy atom. The van der Waals surface area contributed by atoms with E-state index in [1.807, 2.05) is 54.6 Å². The number of ether oxygens (including phenoxy) is 1. The molecule has 5 aliphatic rings. The Kier molecular flexibility index (Phi) is 6.05. The fraction of sp³-hybridized carbons (Fsp3) is 0.419. The second-order valence-electron chi connectivity index (χ2n) is 10.9. The standard InChI is InChI=1S/C31H33NO3/c33-29(35-19-20-6-2-1-3-7-20)13-12-23-8-4-10-27-26(23)9-5-11-28(27)31(34)32-30-24-15-21-14-22(17-24)18-25(30)16-21/h1-4,6-8,10-13,21-22,24-25,30H,5,9,14-19H2,(H,32,34)/b13-12+. The maximum Gasteiger partial charge on any atom is 0.331 e. The number of nitrogens with one attached hydrogen (secondary N) is 1. The summed E-state index contributed by atoms with van der Waals surface area (Å²) in [6.07, 6.45) is 13.7. The van der Waals surface area contributed by atoms with Gasteiger partial charge in [-0.25, -0.2) is 4.79 Å². The van der Waals surface area contributed by atoms with E-state index in [0.717, 1.165) is 52.5 Å². The van der Waals surface area contributed by atoms with Crippen molar-refractivity contribution >= 4 is 23.5 Å². The molecule has 0 saturated heterocycles. The molecule has 5 aliphatic carbocycles. The van der Waals surface area contributed by atoms with Crippen molar-refractivity contribution in [1.82, 2.24) is 5.32 Å². The smallest absolute Gasteiger partial charge is 0.331 e. The Morgan fingerprint density at radius 1 is 0.914 bits per heavy atom. The van der Waals surface area contributed by atoms with Gasteiger partial charge in [-0.2, -0.15) is 0 Å². The van der Waals surface area contributed by atoms with Crippen LogP contribution in [-0.4, -0.2) is 17.9 Å². The van der Waals surface area contributed by atoms with Crippen molar-refractivity contribution in [2.45, 2.75) is 57.6 Å². The molecule has 2 aromatic rings. The Morgan fingerprint density at radius 3 is 2.40 bits per heavy atom. The van der Waals surface area contributed by atoms with E-state index in [9.17, 15) is 9.59 Å². The maximum atomic E-state index is 13.5. The first-order chi connectivity index (χ1) is 17.1. The molecule has 0 heterocycles. The number of allylic oxidation sites excluding steroid dienone is 1. The van der Waals surface area contributed by atoms with Gasteiger partial charge in [-0.05, 0) is 96.9 Å². The number of carbonyl (C=O) groups is 2. The number of hydrogen-bond donors (Lipinski definition) is 1. The summed E-state index contributed by atoms with van der Waals surface area (Å²) in [5, 5.41) is 3.48. The molecule has 1 N–H and O–H groups in total. The zero-order valence-electron chi connectivity index (χ0n) is 20.1. The normalized spacial score (nSPS) is 28.5. The van der Waals surface area contributed by atoms with Crippen molar-refractivity contribution in [3.8, 4) is 0 Å². The number of amides is 1. The summed E-state index contributed by atoms with van der Waals surface area (Å²) in [4.78, 5) is 25.8. The SMILES string of the molecule is O=C(/C=C/c1cccc2c1CCC=C2C(=O)NC1C2CC3CC(C2)CC1C3)OCc1ccccc1. The molecule has 7 rings (SSSR count). The summed E-state index contributed by atoms with van der Waals surface area (Å²) < 4.78 is 5.38. The van der Waals surface area contributed by atoms with E-state index < -0.39 is 0 Å². The molecule has 4 saturated carbocycles. The van der Waals surface area contributed by atoms with Gasteiger partial charge in [0, 0.05) is 17.7 Å². The summed E-state index contributed by atoms with van der Waals surface area (Å²) in [5.41, 5.74) is 4.87. The van der Waals surface area contributed by atoms with Crippen LogP contribution in [0.3, 0.4) is 0 Å². The molecule has 0 aromatic heterocycles. The molecule has 0 atom stereocenters. The van der Waals surface area contributed by atoms with E-state index in [0.29, 0.717) is 17.9 Å². The van der Waals surface area contributed by atoms with Crippen LogP contribution >= 0.6 is 0 Å². The number of rotatable bonds is 6. The average Bonchev–Trinajstić information content (AvgIpc) is 2.88. The summed E-state index contributed by atoms with van der Waals surface area (Å²) in [5.74, 6) is 2.83. The average molecular weight is 468 g/mol. The number of fused-ring (bicyclic) bond motifs is 1. The first-order valence-corrected chi connectivity index (χ1v) is 13.2. The van der Waals surface area contributed by atoms with Crippen molar-refractivity contribution in [2.24, 2.45) is 23.7 Å². The second-order valence-corrected chi connectivity index (χ2v) is 10.9. The van der Waals surface area contributed by atoms with Gasteiger partial charge in [0.1, 0.15) is 6.61 Å². The highest BCUT2D eigenvalue weighted by molar-refractivity contribution is 6.20. The molecule has 4 nitrogen and oxygen atoms in total. The van der Waals surface area contributed by atoms with Gasteiger partial charge in [0.2, 0.25) is 0 Å². The quantitative estimate of drug-likeness (QED) is 0.437. The minimum absolute atomic E-state index is 0.0758. The summed E-state index contributed by atoms with van der Waals surface area (Å²) in [6, 6.07) is 16.0. The van der Waals surface area contributed by atoms with Gasteiger partial charge in [-0.15, -0.1) is 0 Å². The Balaban J connectivity index is 1.14. The largest absolute Gasteiger partial charge is 0.458 e. The van der Waals surface area contributed by atoms with Crippen LogP contribution in [0.5, 0.6) is 0 Å². The molecule has 1 amide bonds. The number of carbonyl (C=O) groups excluding carboxylic acids is 2. The molecule has 0 unspecified atom stereocenters. The zero-order chi connectivity index (χ0) is 23.8. The minimum Gasteiger partial charge on any atom is -0.458 e. The molecule has 0 radical (unpaired) electrons. The number of hydrogen-bond acceptors (Lipinski definition) is 3. The fourth-order valence-electron chi connectivity index (χ4n) is 7.30. The highest BCUT2D eigenvalue weighted by Crippen LogP contribution is 2.53. The topological polar surface area (TPSA) is 55.4 Å². The lowest BCUT2D eigenvalue weighted by Gasteiger charge is -2.54. The number of benzene rings is 2. The van der Waals surface area contributed by atoms with Crippen LogP contribution in [0.4, 0.5) is 0 Å². The molecule has 0 aliphatic heterocycles. The van der Waals surface area contributed by atoms with Crippen LogP contribution in [0.2, 0.25) is 0 Å². The molecule has 4 bridgehead atoms. The van der Waals surface area contributed by atoms with E-state index in [1.165, 1.54) is 38.2 Å². The first-order valence-electron chi connectivity index (χ1n) is 13.2. The zero-order valence-corrected chi connectivity index (χ0v) is 20.1. The predicted molar refractivity (Wildman–Crippen MR) is 137 cm³/mol. The highest BCUT2D eigenvalue weighted by atomic mass is 16.5. The molecule has 35 heavy (non-hydrogen) atoms. The third-order valence-electron chi connectivity index (χ3n) is 8.64. The molecular weight excluding hydrogens is 434 g/mol. The van der Waals surface area contributed by atoms with Gasteiger partial charge >= 0.3 is 5.97 Å². The van der Waals surface area contributed by atoms with Crippen molar-refractivity contribution in [3.05, 3.63) is 82.9 Å². The van der Waals surface area contributed by atoms with E-state index >= 15 is 0 Å². The van der Waals surface area contributed by atoms with Crippen LogP contribution in [0.25, 0.3) is 11.6 Å². The monoisotopic (exact) mass is 467 g/mol. The molecular formula is C31H33NO3. The Bertz CT molecular complexity index is 1150. The molecule has 4 fully saturated rings. The lowest BCUT2D eigenvalue weighted by atomic mass is 9.54. The van der Waals surface area contributed by atoms with Gasteiger partial charge in [0.15, 0.2) is 0 Å². The summed E-state index contributed by atoms with van der Waals surface area (Å²) in [7, 11) is 0. The van der Waals surface area contributed by atoms with Crippen molar-refractivity contribution in [2.75, 3.05) is 0 Å². The first kappa shape index (κ1) is 22.3. The van der Waals surface area contributed by atoms with Gasteiger partial charge in [0.05, 0.1) is 0 Å². The van der Waals surface area contributed by atoms with Crippen LogP contribution in [0.1, 0.15) is 60.8 Å². The fourth-order valence-corrected chi connectivity index (χ4v) is 7.30. The van der Waals surface area contributed by atoms with Gasteiger partial charge in [0.25, 0.3) is 5.91 Å². The predicted octanol–water partition coefficient (Wildman–Crippen LogP) is 5.71. The van der Waals surface area contributed by atoms with Crippen LogP contribution in [-0.2, 0) is 27.4 Å². The van der Waals surface area contributed by atoms with Gasteiger partial charge in [-0.1, -0.05) is 54.6 Å². The van der Waals surface area contributed by atoms with Gasteiger partial charge in [-0.3, -0.25) is 4.79 Å². The van der Waals surface area contributed by atoms with Crippen molar-refractivity contribution < 1.29 is 14.3 Å². The third-order valence-corrected chi connectivity index (χ3v) is 8.64. The van der Waals surface area contributed by atoms with Crippen LogP contribution < -0.4 is 5.32 Å². The minimum atomic E-state index is -0.363. The van der Waals surface area contributed by atoms with E-state index in [4.69, 9.17) is 4.74 Å². The molecule has 180 valence electrons. The summed E-state index contributed by atoms with van der Waals surface area (Å²) in [6.45, 7) is 0.259. The molecule has 2 aromatic carbocycles. The van der Waals surface area contributed by atoms with Crippen LogP contribution in [0.15, 0.2) is 60.7 Å². The van der Waals surface area contributed by atoms with E-state index in [2.05, 4.69) is 11.4 Å². The van der Waals surface area contributed by atoms with Crippen molar-refractivity contribution in [1.29, 1.82) is 0 Å². The summed E-state index contributed by atoms with van der Waals surface area (Å²) >= 11 is 0. The molecule has 0 spiro atoms. The highest BCUT2D eigenvalue weighted by Gasteiger charge is 2.48. The van der Waals surface area contributed by atoms with E-state index in [-0.39, 0.29) is 18.5 Å². The maximum absolute atomic E-state index is 13.5. The lowest BCUT2D eigenvalue weighted by Crippen LogP contribution is -2.56. The Hall–Kier alpha value is -3.14. The van der Waals surface area contributed by atoms with Gasteiger partial charge < -0.3 is 10.1 Å². The van der Waals surface area contributed by atoms with Crippen molar-refractivity contribution in [3.63, 3.8) is 0 Å². The second kappa shape index (κ2) is 9.49. The number of esters is 1. The molecule has 4 heteroatoms. The third kappa shape index (κ3) is 4.59.